The Labute approximate surface area is 114 Å². The summed E-state index contributed by atoms with van der Waals surface area (Å²) in [6, 6.07) is 1.69. The maximum Gasteiger partial charge on any atom is 0.231 e. The number of aromatic nitrogens is 2. The molecule has 2 heterocycles. The first-order valence-corrected chi connectivity index (χ1v) is 6.47. The fraction of sp³-hybridized carbons (Fsp3) is 0.692. The van der Waals surface area contributed by atoms with Gasteiger partial charge in [0, 0.05) is 19.6 Å². The third-order valence-electron chi connectivity index (χ3n) is 3.53. The molecule has 0 spiro atoms. The van der Waals surface area contributed by atoms with Crippen LogP contribution in [0.4, 0.5) is 5.95 Å². The molecular weight excluding hydrogens is 244 g/mol. The van der Waals surface area contributed by atoms with Crippen LogP contribution in [0, 0.1) is 5.41 Å². The molecule has 6 nitrogen and oxygen atoms in total. The molecule has 106 valence electrons. The largest absolute Gasteiger partial charge is 0.481 e. The average molecular weight is 266 g/mol. The zero-order valence-corrected chi connectivity index (χ0v) is 12.1. The normalized spacial score (nSPS) is 22.6. The summed E-state index contributed by atoms with van der Waals surface area (Å²) in [5.74, 6) is 1.74. The molecule has 1 aliphatic heterocycles. The van der Waals surface area contributed by atoms with Crippen molar-refractivity contribution in [3.8, 4) is 11.8 Å². The lowest BCUT2D eigenvalue weighted by molar-refractivity contribution is 0.354. The summed E-state index contributed by atoms with van der Waals surface area (Å²) < 4.78 is 10.4. The van der Waals surface area contributed by atoms with Crippen LogP contribution in [0.2, 0.25) is 0 Å². The fourth-order valence-corrected chi connectivity index (χ4v) is 2.51. The van der Waals surface area contributed by atoms with Gasteiger partial charge in [0.25, 0.3) is 0 Å². The molecule has 0 aliphatic carbocycles. The van der Waals surface area contributed by atoms with E-state index in [0.29, 0.717) is 17.7 Å². The van der Waals surface area contributed by atoms with Gasteiger partial charge in [0.1, 0.15) is 0 Å². The van der Waals surface area contributed by atoms with Crippen LogP contribution in [0.15, 0.2) is 6.07 Å². The Bertz CT molecular complexity index is 418. The molecule has 1 unspecified atom stereocenters. The van der Waals surface area contributed by atoms with Crippen LogP contribution in [0.3, 0.4) is 0 Å². The number of rotatable bonds is 5. The number of hydrogen-bond acceptors (Lipinski definition) is 6. The van der Waals surface area contributed by atoms with Crippen LogP contribution >= 0.6 is 0 Å². The van der Waals surface area contributed by atoms with E-state index in [4.69, 9.17) is 9.47 Å². The molecule has 1 fully saturated rings. The van der Waals surface area contributed by atoms with Gasteiger partial charge in [-0.2, -0.15) is 9.97 Å². The lowest BCUT2D eigenvalue weighted by Crippen LogP contribution is -2.33. The maximum atomic E-state index is 5.19. The van der Waals surface area contributed by atoms with E-state index in [1.54, 1.807) is 20.3 Å². The molecule has 1 aromatic heterocycles. The molecule has 0 bridgehead atoms. The highest BCUT2D eigenvalue weighted by molar-refractivity contribution is 5.38. The highest BCUT2D eigenvalue weighted by Gasteiger charge is 2.34. The molecule has 2 rings (SSSR count). The van der Waals surface area contributed by atoms with Crippen molar-refractivity contribution >= 4 is 5.95 Å². The van der Waals surface area contributed by atoms with Crippen LogP contribution in [-0.2, 0) is 0 Å². The molecule has 1 saturated heterocycles. The summed E-state index contributed by atoms with van der Waals surface area (Å²) in [5.41, 5.74) is 0.258. The Morgan fingerprint density at radius 3 is 2.47 bits per heavy atom. The first-order valence-electron chi connectivity index (χ1n) is 6.47. The summed E-state index contributed by atoms with van der Waals surface area (Å²) in [5, 5.41) is 3.25. The molecule has 6 heteroatoms. The van der Waals surface area contributed by atoms with Gasteiger partial charge in [-0.25, -0.2) is 0 Å². The van der Waals surface area contributed by atoms with Gasteiger partial charge in [-0.05, 0) is 18.9 Å². The van der Waals surface area contributed by atoms with E-state index in [1.165, 1.54) is 0 Å². The van der Waals surface area contributed by atoms with Crippen LogP contribution in [0.5, 0.6) is 11.8 Å². The Balaban J connectivity index is 2.19. The van der Waals surface area contributed by atoms with Crippen molar-refractivity contribution in [2.75, 3.05) is 45.8 Å². The zero-order valence-electron chi connectivity index (χ0n) is 12.1. The van der Waals surface area contributed by atoms with E-state index in [0.717, 1.165) is 26.1 Å². The SMILES string of the molecule is CNCC1(C)CCN(c2nc(OC)cc(OC)n2)C1. The second-order valence-corrected chi connectivity index (χ2v) is 5.27. The maximum absolute atomic E-state index is 5.19. The molecule has 19 heavy (non-hydrogen) atoms. The van der Waals surface area contributed by atoms with Crippen molar-refractivity contribution in [2.45, 2.75) is 13.3 Å². The quantitative estimate of drug-likeness (QED) is 0.855. The molecular formula is C13H22N4O2. The lowest BCUT2D eigenvalue weighted by atomic mass is 9.90. The van der Waals surface area contributed by atoms with Gasteiger partial charge in [-0.3, -0.25) is 0 Å². The summed E-state index contributed by atoms with van der Waals surface area (Å²) in [6.45, 7) is 5.16. The Hall–Kier alpha value is -1.56. The van der Waals surface area contributed by atoms with Gasteiger partial charge in [-0.1, -0.05) is 6.92 Å². The standard InChI is InChI=1S/C13H22N4O2/c1-13(8-14-2)5-6-17(9-13)12-15-10(18-3)7-11(16-12)19-4/h7,14H,5-6,8-9H2,1-4H3. The Morgan fingerprint density at radius 1 is 1.32 bits per heavy atom. The number of anilines is 1. The second kappa shape index (κ2) is 5.61. The monoisotopic (exact) mass is 266 g/mol. The molecule has 1 N–H and O–H groups in total. The van der Waals surface area contributed by atoms with E-state index in [2.05, 4.69) is 27.1 Å². The van der Waals surface area contributed by atoms with E-state index in [-0.39, 0.29) is 5.41 Å². The van der Waals surface area contributed by atoms with Crippen molar-refractivity contribution in [3.05, 3.63) is 6.07 Å². The van der Waals surface area contributed by atoms with Crippen molar-refractivity contribution in [3.63, 3.8) is 0 Å². The Kier molecular flexibility index (Phi) is 4.09. The van der Waals surface area contributed by atoms with Gasteiger partial charge in [-0.15, -0.1) is 0 Å². The predicted molar refractivity (Wildman–Crippen MR) is 74.0 cm³/mol. The zero-order chi connectivity index (χ0) is 13.9. The minimum absolute atomic E-state index is 0.258. The first kappa shape index (κ1) is 13.9. The highest BCUT2D eigenvalue weighted by atomic mass is 16.5. The molecule has 0 amide bonds. The number of ether oxygens (including phenoxy) is 2. The summed E-state index contributed by atoms with van der Waals surface area (Å²) in [6.07, 6.45) is 1.12. The second-order valence-electron chi connectivity index (χ2n) is 5.27. The van der Waals surface area contributed by atoms with Crippen LogP contribution in [0.1, 0.15) is 13.3 Å². The fourth-order valence-electron chi connectivity index (χ4n) is 2.51. The van der Waals surface area contributed by atoms with E-state index in [9.17, 15) is 0 Å². The molecule has 0 radical (unpaired) electrons. The number of hydrogen-bond donors (Lipinski definition) is 1. The van der Waals surface area contributed by atoms with Gasteiger partial charge in [0.2, 0.25) is 17.7 Å². The lowest BCUT2D eigenvalue weighted by Gasteiger charge is -2.24. The van der Waals surface area contributed by atoms with E-state index < -0.39 is 0 Å². The van der Waals surface area contributed by atoms with Crippen LogP contribution in [-0.4, -0.2) is 50.9 Å². The molecule has 1 aliphatic rings. The summed E-state index contributed by atoms with van der Waals surface area (Å²) in [4.78, 5) is 11.0. The van der Waals surface area contributed by atoms with Crippen molar-refractivity contribution in [1.29, 1.82) is 0 Å². The van der Waals surface area contributed by atoms with Gasteiger partial charge >= 0.3 is 0 Å². The number of methoxy groups -OCH3 is 2. The first-order chi connectivity index (χ1) is 9.10. The minimum atomic E-state index is 0.258. The van der Waals surface area contributed by atoms with E-state index >= 15 is 0 Å². The third kappa shape index (κ3) is 3.07. The van der Waals surface area contributed by atoms with Crippen LogP contribution in [0.25, 0.3) is 0 Å². The van der Waals surface area contributed by atoms with Crippen molar-refractivity contribution < 1.29 is 9.47 Å². The predicted octanol–water partition coefficient (Wildman–Crippen LogP) is 0.930. The van der Waals surface area contributed by atoms with Gasteiger partial charge in [0.15, 0.2) is 0 Å². The minimum Gasteiger partial charge on any atom is -0.481 e. The van der Waals surface area contributed by atoms with E-state index in [1.807, 2.05) is 7.05 Å². The molecule has 0 saturated carbocycles. The van der Waals surface area contributed by atoms with Gasteiger partial charge < -0.3 is 19.7 Å². The van der Waals surface area contributed by atoms with Crippen molar-refractivity contribution in [1.82, 2.24) is 15.3 Å². The third-order valence-corrected chi connectivity index (χ3v) is 3.53. The number of nitrogens with one attached hydrogen (secondary N) is 1. The molecule has 0 aromatic carbocycles. The Morgan fingerprint density at radius 2 is 1.95 bits per heavy atom. The topological polar surface area (TPSA) is 59.5 Å². The highest BCUT2D eigenvalue weighted by Crippen LogP contribution is 2.32. The molecule has 1 atom stereocenters. The smallest absolute Gasteiger partial charge is 0.231 e. The summed E-state index contributed by atoms with van der Waals surface area (Å²) in [7, 11) is 5.18. The van der Waals surface area contributed by atoms with Crippen molar-refractivity contribution in [2.24, 2.45) is 5.41 Å². The average Bonchev–Trinajstić information content (AvgIpc) is 2.81. The summed E-state index contributed by atoms with van der Waals surface area (Å²) >= 11 is 0. The van der Waals surface area contributed by atoms with Crippen LogP contribution < -0.4 is 19.7 Å². The molecule has 1 aromatic rings. The van der Waals surface area contributed by atoms with Gasteiger partial charge in [0.05, 0.1) is 20.3 Å². The number of nitrogens with zero attached hydrogens (tertiary/aromatic N) is 3.